The van der Waals surface area contributed by atoms with E-state index < -0.39 is 0 Å². The van der Waals surface area contributed by atoms with Crippen LogP contribution in [0, 0.1) is 12.7 Å². The van der Waals surface area contributed by atoms with Crippen LogP contribution in [0.3, 0.4) is 0 Å². The van der Waals surface area contributed by atoms with Gasteiger partial charge in [0.05, 0.1) is 0 Å². The van der Waals surface area contributed by atoms with Crippen LogP contribution in [0.15, 0.2) is 60.9 Å². The third kappa shape index (κ3) is 9.94. The molecule has 0 aliphatic heterocycles. The summed E-state index contributed by atoms with van der Waals surface area (Å²) < 4.78 is 12.9. The van der Waals surface area contributed by atoms with Crippen molar-refractivity contribution in [2.45, 2.75) is 72.4 Å². The van der Waals surface area contributed by atoms with Gasteiger partial charge in [-0.3, -0.25) is 19.6 Å². The quantitative estimate of drug-likeness (QED) is 0.496. The molecule has 3 aromatic rings. The highest BCUT2D eigenvalue weighted by molar-refractivity contribution is 5.94. The molecule has 0 radical (unpaired) electrons. The van der Waals surface area contributed by atoms with Crippen LogP contribution in [0.5, 0.6) is 0 Å². The number of benzene rings is 1. The van der Waals surface area contributed by atoms with E-state index in [9.17, 15) is 14.0 Å². The minimum atomic E-state index is -0.303. The van der Waals surface area contributed by atoms with Crippen molar-refractivity contribution < 1.29 is 14.0 Å². The first-order valence-electron chi connectivity index (χ1n) is 12.0. The van der Waals surface area contributed by atoms with E-state index in [2.05, 4.69) is 20.6 Å². The SMILES string of the molecule is CC(C)(C)NC(=O)c1ncccc1CCc1ccc(F)cc1.Cc1cccnc1C(=O)NC(C)(C)C. The zero-order valence-corrected chi connectivity index (χ0v) is 22.3. The molecule has 2 N–H and O–H groups in total. The number of hydrogen-bond donors (Lipinski definition) is 2. The fraction of sp³-hybridized carbons (Fsp3) is 0.379. The maximum atomic E-state index is 12.9. The van der Waals surface area contributed by atoms with E-state index in [1.807, 2.05) is 72.7 Å². The molecule has 6 nitrogen and oxygen atoms in total. The van der Waals surface area contributed by atoms with E-state index in [1.54, 1.807) is 24.5 Å². The Labute approximate surface area is 213 Å². The van der Waals surface area contributed by atoms with Crippen LogP contribution >= 0.6 is 0 Å². The fourth-order valence-electron chi connectivity index (χ4n) is 3.30. The number of nitrogens with one attached hydrogen (secondary N) is 2. The average Bonchev–Trinajstić information content (AvgIpc) is 2.77. The zero-order chi connectivity index (χ0) is 26.9. The Bertz CT molecular complexity index is 1160. The van der Waals surface area contributed by atoms with Crippen LogP contribution in [0.25, 0.3) is 0 Å². The van der Waals surface area contributed by atoms with Gasteiger partial charge in [-0.2, -0.15) is 0 Å². The molecule has 0 aliphatic carbocycles. The normalized spacial score (nSPS) is 11.2. The molecular weight excluding hydrogens is 455 g/mol. The summed E-state index contributed by atoms with van der Waals surface area (Å²) in [7, 11) is 0. The average molecular weight is 493 g/mol. The molecular formula is C29H37FN4O2. The Hall–Kier alpha value is -3.61. The number of carbonyl (C=O) groups excluding carboxylic acids is 2. The van der Waals surface area contributed by atoms with Crippen LogP contribution in [0.4, 0.5) is 4.39 Å². The van der Waals surface area contributed by atoms with Gasteiger partial charge in [0.25, 0.3) is 11.8 Å². The van der Waals surface area contributed by atoms with Crippen LogP contribution in [-0.2, 0) is 12.8 Å². The number of halogens is 1. The standard InChI is InChI=1S/C18H21FN2O.C11H16N2O/c1-18(2,3)21-17(22)16-14(5-4-12-20-16)9-6-13-7-10-15(19)11-8-13;1-8-6-5-7-12-9(8)10(14)13-11(2,3)4/h4-5,7-8,10-12H,6,9H2,1-3H3,(H,21,22);5-7H,1-4H3,(H,13,14). The molecule has 192 valence electrons. The lowest BCUT2D eigenvalue weighted by atomic mass is 10.0. The van der Waals surface area contributed by atoms with E-state index in [4.69, 9.17) is 0 Å². The van der Waals surface area contributed by atoms with Crippen molar-refractivity contribution in [2.75, 3.05) is 0 Å². The lowest BCUT2D eigenvalue weighted by Gasteiger charge is -2.21. The zero-order valence-electron chi connectivity index (χ0n) is 22.3. The number of rotatable bonds is 5. The summed E-state index contributed by atoms with van der Waals surface area (Å²) in [5.74, 6) is -0.520. The van der Waals surface area contributed by atoms with Gasteiger partial charge in [-0.05, 0) is 102 Å². The third-order valence-corrected chi connectivity index (χ3v) is 4.90. The molecule has 3 rings (SSSR count). The second kappa shape index (κ2) is 12.4. The molecule has 2 amide bonds. The molecule has 0 saturated carbocycles. The largest absolute Gasteiger partial charge is 0.346 e. The van der Waals surface area contributed by atoms with E-state index >= 15 is 0 Å². The molecule has 2 heterocycles. The van der Waals surface area contributed by atoms with Crippen LogP contribution in [0.1, 0.15) is 79.2 Å². The molecule has 2 aromatic heterocycles. The number of aromatic nitrogens is 2. The summed E-state index contributed by atoms with van der Waals surface area (Å²) in [6.07, 6.45) is 4.68. The number of aryl methyl sites for hydroxylation is 3. The van der Waals surface area contributed by atoms with Crippen molar-refractivity contribution >= 4 is 11.8 Å². The summed E-state index contributed by atoms with van der Waals surface area (Å²) in [5.41, 5.74) is 3.27. The van der Waals surface area contributed by atoms with Crippen molar-refractivity contribution in [1.82, 2.24) is 20.6 Å². The van der Waals surface area contributed by atoms with Gasteiger partial charge in [0.1, 0.15) is 17.2 Å². The van der Waals surface area contributed by atoms with E-state index in [0.717, 1.165) is 23.1 Å². The topological polar surface area (TPSA) is 84.0 Å². The Morgan fingerprint density at radius 3 is 1.78 bits per heavy atom. The fourth-order valence-corrected chi connectivity index (χ4v) is 3.30. The highest BCUT2D eigenvalue weighted by atomic mass is 19.1. The Morgan fingerprint density at radius 2 is 1.25 bits per heavy atom. The monoisotopic (exact) mass is 492 g/mol. The van der Waals surface area contributed by atoms with Gasteiger partial charge >= 0.3 is 0 Å². The van der Waals surface area contributed by atoms with Crippen LogP contribution in [-0.4, -0.2) is 32.9 Å². The predicted octanol–water partition coefficient (Wildman–Crippen LogP) is 5.45. The second-order valence-corrected chi connectivity index (χ2v) is 10.7. The summed E-state index contributed by atoms with van der Waals surface area (Å²) >= 11 is 0. The number of hydrogen-bond acceptors (Lipinski definition) is 4. The Kier molecular flexibility index (Phi) is 9.84. The van der Waals surface area contributed by atoms with Gasteiger partial charge in [0.2, 0.25) is 0 Å². The molecule has 0 spiro atoms. The van der Waals surface area contributed by atoms with E-state index in [-0.39, 0.29) is 28.7 Å². The number of nitrogens with zero attached hydrogens (tertiary/aromatic N) is 2. The molecule has 0 fully saturated rings. The van der Waals surface area contributed by atoms with E-state index in [1.165, 1.54) is 12.1 Å². The van der Waals surface area contributed by atoms with Crippen LogP contribution < -0.4 is 10.6 Å². The minimum absolute atomic E-state index is 0.115. The number of amides is 2. The summed E-state index contributed by atoms with van der Waals surface area (Å²) in [5, 5.41) is 5.81. The third-order valence-electron chi connectivity index (χ3n) is 4.90. The first kappa shape index (κ1) is 28.6. The molecule has 0 unspecified atom stereocenters. The van der Waals surface area contributed by atoms with Gasteiger partial charge in [-0.15, -0.1) is 0 Å². The molecule has 0 saturated heterocycles. The molecule has 36 heavy (non-hydrogen) atoms. The molecule has 1 aromatic carbocycles. The van der Waals surface area contributed by atoms with Crippen molar-refractivity contribution in [3.8, 4) is 0 Å². The number of carbonyl (C=O) groups is 2. The maximum Gasteiger partial charge on any atom is 0.270 e. The van der Waals surface area contributed by atoms with E-state index in [0.29, 0.717) is 17.8 Å². The first-order valence-corrected chi connectivity index (χ1v) is 12.0. The van der Waals surface area contributed by atoms with Gasteiger partial charge < -0.3 is 10.6 Å². The molecule has 0 aliphatic rings. The Morgan fingerprint density at radius 1 is 0.750 bits per heavy atom. The van der Waals surface area contributed by atoms with Crippen molar-refractivity contribution in [2.24, 2.45) is 0 Å². The maximum absolute atomic E-state index is 12.9. The Balaban J connectivity index is 0.000000281. The lowest BCUT2D eigenvalue weighted by molar-refractivity contribution is 0.0904. The van der Waals surface area contributed by atoms with Crippen LogP contribution in [0.2, 0.25) is 0 Å². The van der Waals surface area contributed by atoms with Gasteiger partial charge in [-0.25, -0.2) is 4.39 Å². The van der Waals surface area contributed by atoms with Gasteiger partial charge in [-0.1, -0.05) is 24.3 Å². The summed E-state index contributed by atoms with van der Waals surface area (Å²) in [6.45, 7) is 13.5. The highest BCUT2D eigenvalue weighted by Gasteiger charge is 2.19. The highest BCUT2D eigenvalue weighted by Crippen LogP contribution is 2.13. The van der Waals surface area contributed by atoms with Crippen molar-refractivity contribution in [1.29, 1.82) is 0 Å². The van der Waals surface area contributed by atoms with Gasteiger partial charge in [0, 0.05) is 23.5 Å². The summed E-state index contributed by atoms with van der Waals surface area (Å²) in [4.78, 5) is 32.3. The second-order valence-electron chi connectivity index (χ2n) is 10.7. The van der Waals surface area contributed by atoms with Gasteiger partial charge in [0.15, 0.2) is 0 Å². The molecule has 0 bridgehead atoms. The summed E-state index contributed by atoms with van der Waals surface area (Å²) in [6, 6.07) is 13.9. The first-order chi connectivity index (χ1) is 16.7. The lowest BCUT2D eigenvalue weighted by Crippen LogP contribution is -2.41. The minimum Gasteiger partial charge on any atom is -0.346 e. The van der Waals surface area contributed by atoms with Crippen molar-refractivity contribution in [3.05, 3.63) is 94.8 Å². The molecule has 0 atom stereocenters. The molecule has 7 heteroatoms. The smallest absolute Gasteiger partial charge is 0.270 e. The number of pyridine rings is 2. The van der Waals surface area contributed by atoms with Crippen molar-refractivity contribution in [3.63, 3.8) is 0 Å². The predicted molar refractivity (Wildman–Crippen MR) is 141 cm³/mol.